The van der Waals surface area contributed by atoms with Gasteiger partial charge in [-0.05, 0) is 30.7 Å². The highest BCUT2D eigenvalue weighted by molar-refractivity contribution is 8.00. The van der Waals surface area contributed by atoms with Gasteiger partial charge in [0.15, 0.2) is 0 Å². The second kappa shape index (κ2) is 5.63. The van der Waals surface area contributed by atoms with Gasteiger partial charge in [-0.3, -0.25) is 0 Å². The predicted molar refractivity (Wildman–Crippen MR) is 81.3 cm³/mol. The van der Waals surface area contributed by atoms with Crippen LogP contribution in [0, 0.1) is 0 Å². The molecule has 1 fully saturated rings. The van der Waals surface area contributed by atoms with Crippen molar-refractivity contribution in [3.8, 4) is 5.75 Å². The third-order valence-corrected chi connectivity index (χ3v) is 5.19. The molecule has 5 heteroatoms. The molecule has 1 aromatic heterocycles. The molecule has 0 bridgehead atoms. The zero-order valence-electron chi connectivity index (χ0n) is 10.9. The Morgan fingerprint density at radius 2 is 2.42 bits per heavy atom. The Kier molecular flexibility index (Phi) is 3.89. The van der Waals surface area contributed by atoms with Gasteiger partial charge in [0.2, 0.25) is 0 Å². The summed E-state index contributed by atoms with van der Waals surface area (Å²) >= 11 is 8.11. The van der Waals surface area contributed by atoms with E-state index in [1.165, 1.54) is 18.6 Å². The number of nitrogens with zero attached hydrogens (tertiary/aromatic N) is 2. The van der Waals surface area contributed by atoms with E-state index in [4.69, 9.17) is 16.3 Å². The molecule has 3 nitrogen and oxygen atoms in total. The minimum atomic E-state index is 0.440. The van der Waals surface area contributed by atoms with E-state index in [2.05, 4.69) is 27.4 Å². The SMILES string of the molecule is COc1cccc2c1nc(CCl)n2CC1CCCS1. The number of hydrogen-bond donors (Lipinski definition) is 0. The van der Waals surface area contributed by atoms with Crippen molar-refractivity contribution in [2.45, 2.75) is 30.5 Å². The van der Waals surface area contributed by atoms with Crippen LogP contribution in [0.4, 0.5) is 0 Å². The van der Waals surface area contributed by atoms with Crippen molar-refractivity contribution in [1.29, 1.82) is 0 Å². The number of imidazole rings is 1. The Balaban J connectivity index is 2.05. The number of methoxy groups -OCH3 is 1. The maximum atomic E-state index is 6.05. The summed E-state index contributed by atoms with van der Waals surface area (Å²) in [5, 5.41) is 0.686. The van der Waals surface area contributed by atoms with Crippen LogP contribution in [-0.4, -0.2) is 27.7 Å². The minimum absolute atomic E-state index is 0.440. The average Bonchev–Trinajstić information content (AvgIpc) is 3.07. The predicted octanol–water partition coefficient (Wildman–Crippen LogP) is 3.68. The van der Waals surface area contributed by atoms with Crippen molar-refractivity contribution < 1.29 is 4.74 Å². The molecule has 1 unspecified atom stereocenters. The first-order chi connectivity index (χ1) is 9.33. The van der Waals surface area contributed by atoms with E-state index in [0.717, 1.165) is 29.2 Å². The van der Waals surface area contributed by atoms with Crippen molar-refractivity contribution in [2.75, 3.05) is 12.9 Å². The van der Waals surface area contributed by atoms with Gasteiger partial charge < -0.3 is 9.30 Å². The van der Waals surface area contributed by atoms with Gasteiger partial charge in [-0.2, -0.15) is 11.8 Å². The molecule has 1 aliphatic heterocycles. The number of benzene rings is 1. The third-order valence-electron chi connectivity index (χ3n) is 3.57. The Labute approximate surface area is 122 Å². The molecule has 19 heavy (non-hydrogen) atoms. The van der Waals surface area contributed by atoms with E-state index >= 15 is 0 Å². The fourth-order valence-electron chi connectivity index (χ4n) is 2.63. The average molecular weight is 297 g/mol. The molecule has 1 aromatic carbocycles. The van der Waals surface area contributed by atoms with E-state index in [1.807, 2.05) is 12.1 Å². The number of aromatic nitrogens is 2. The van der Waals surface area contributed by atoms with Crippen LogP contribution in [0.25, 0.3) is 11.0 Å². The van der Waals surface area contributed by atoms with E-state index < -0.39 is 0 Å². The molecule has 2 heterocycles. The first-order valence-corrected chi connectivity index (χ1v) is 8.11. The van der Waals surface area contributed by atoms with Crippen LogP contribution < -0.4 is 4.74 Å². The summed E-state index contributed by atoms with van der Waals surface area (Å²) in [5.41, 5.74) is 2.05. The van der Waals surface area contributed by atoms with Crippen LogP contribution in [0.15, 0.2) is 18.2 Å². The van der Waals surface area contributed by atoms with Gasteiger partial charge in [0.05, 0.1) is 18.5 Å². The van der Waals surface area contributed by atoms with Gasteiger partial charge in [-0.15, -0.1) is 11.6 Å². The smallest absolute Gasteiger partial charge is 0.146 e. The minimum Gasteiger partial charge on any atom is -0.494 e. The van der Waals surface area contributed by atoms with Crippen LogP contribution in [-0.2, 0) is 12.4 Å². The number of fused-ring (bicyclic) bond motifs is 1. The lowest BCUT2D eigenvalue weighted by atomic mass is 10.2. The first-order valence-electron chi connectivity index (χ1n) is 6.53. The van der Waals surface area contributed by atoms with Crippen LogP contribution >= 0.6 is 23.4 Å². The number of halogens is 1. The molecule has 102 valence electrons. The summed E-state index contributed by atoms with van der Waals surface area (Å²) in [7, 11) is 1.68. The molecule has 1 saturated heterocycles. The molecule has 1 atom stereocenters. The number of ether oxygens (including phenoxy) is 1. The molecular formula is C14H17ClN2OS. The van der Waals surface area contributed by atoms with E-state index in [0.29, 0.717) is 11.1 Å². The Morgan fingerprint density at radius 3 is 3.11 bits per heavy atom. The maximum Gasteiger partial charge on any atom is 0.146 e. The quantitative estimate of drug-likeness (QED) is 0.805. The number of alkyl halides is 1. The normalized spacial score (nSPS) is 19.2. The Morgan fingerprint density at radius 1 is 1.53 bits per heavy atom. The molecule has 0 spiro atoms. The van der Waals surface area contributed by atoms with Crippen LogP contribution in [0.2, 0.25) is 0 Å². The number of hydrogen-bond acceptors (Lipinski definition) is 3. The number of para-hydroxylation sites is 1. The first kappa shape index (κ1) is 13.1. The second-order valence-electron chi connectivity index (χ2n) is 4.74. The second-order valence-corrected chi connectivity index (χ2v) is 6.41. The molecule has 0 amide bonds. The van der Waals surface area contributed by atoms with E-state index in [-0.39, 0.29) is 0 Å². The third kappa shape index (κ3) is 2.43. The van der Waals surface area contributed by atoms with E-state index in [1.54, 1.807) is 7.11 Å². The van der Waals surface area contributed by atoms with Crippen LogP contribution in [0.3, 0.4) is 0 Å². The summed E-state index contributed by atoms with van der Waals surface area (Å²) in [6.45, 7) is 0.996. The molecule has 0 radical (unpaired) electrons. The lowest BCUT2D eigenvalue weighted by Crippen LogP contribution is -2.12. The molecule has 3 rings (SSSR count). The standard InChI is InChI=1S/C14H17ClN2OS/c1-18-12-6-2-5-11-14(12)16-13(8-15)17(11)9-10-4-3-7-19-10/h2,5-6,10H,3-4,7-9H2,1H3. The molecular weight excluding hydrogens is 280 g/mol. The highest BCUT2D eigenvalue weighted by Gasteiger charge is 2.20. The fourth-order valence-corrected chi connectivity index (χ4v) is 4.09. The summed E-state index contributed by atoms with van der Waals surface area (Å²) in [5.74, 6) is 3.47. The van der Waals surface area contributed by atoms with Gasteiger partial charge in [0.1, 0.15) is 17.1 Å². The Hall–Kier alpha value is -0.870. The Bertz CT molecular complexity index is 578. The van der Waals surface area contributed by atoms with Crippen molar-refractivity contribution in [2.24, 2.45) is 0 Å². The fraction of sp³-hybridized carbons (Fsp3) is 0.500. The summed E-state index contributed by atoms with van der Waals surface area (Å²) in [6, 6.07) is 6.06. The van der Waals surface area contributed by atoms with Gasteiger partial charge in [-0.25, -0.2) is 4.98 Å². The molecule has 0 aliphatic carbocycles. The molecule has 2 aromatic rings. The molecule has 1 aliphatic rings. The van der Waals surface area contributed by atoms with Crippen LogP contribution in [0.1, 0.15) is 18.7 Å². The number of rotatable bonds is 4. The largest absolute Gasteiger partial charge is 0.494 e. The highest BCUT2D eigenvalue weighted by Crippen LogP contribution is 2.31. The molecule has 0 N–H and O–H groups in total. The highest BCUT2D eigenvalue weighted by atomic mass is 35.5. The monoisotopic (exact) mass is 296 g/mol. The van der Waals surface area contributed by atoms with Crippen molar-refractivity contribution in [3.63, 3.8) is 0 Å². The van der Waals surface area contributed by atoms with Gasteiger partial charge in [-0.1, -0.05) is 6.07 Å². The lowest BCUT2D eigenvalue weighted by Gasteiger charge is -2.12. The van der Waals surface area contributed by atoms with Crippen molar-refractivity contribution in [1.82, 2.24) is 9.55 Å². The van der Waals surface area contributed by atoms with Gasteiger partial charge in [0.25, 0.3) is 0 Å². The zero-order valence-corrected chi connectivity index (χ0v) is 12.5. The van der Waals surface area contributed by atoms with Crippen molar-refractivity contribution >= 4 is 34.4 Å². The molecule has 0 saturated carbocycles. The topological polar surface area (TPSA) is 27.1 Å². The summed E-state index contributed by atoms with van der Waals surface area (Å²) < 4.78 is 7.64. The van der Waals surface area contributed by atoms with Crippen molar-refractivity contribution in [3.05, 3.63) is 24.0 Å². The zero-order chi connectivity index (χ0) is 13.2. The number of thioether (sulfide) groups is 1. The van der Waals surface area contributed by atoms with Gasteiger partial charge >= 0.3 is 0 Å². The van der Waals surface area contributed by atoms with Gasteiger partial charge in [0, 0.05) is 11.8 Å². The maximum absolute atomic E-state index is 6.05. The summed E-state index contributed by atoms with van der Waals surface area (Å²) in [6.07, 6.45) is 2.61. The summed E-state index contributed by atoms with van der Waals surface area (Å²) in [4.78, 5) is 4.64. The lowest BCUT2D eigenvalue weighted by molar-refractivity contribution is 0.419. The van der Waals surface area contributed by atoms with E-state index in [9.17, 15) is 0 Å². The van der Waals surface area contributed by atoms with Crippen LogP contribution in [0.5, 0.6) is 5.75 Å².